The van der Waals surface area contributed by atoms with Gasteiger partial charge in [0.25, 0.3) is 0 Å². The molecule has 1 amide bonds. The van der Waals surface area contributed by atoms with Crippen LogP contribution >= 0.6 is 0 Å². The zero-order valence-corrected chi connectivity index (χ0v) is 12.4. The molecule has 2 aromatic carbocycles. The van der Waals surface area contributed by atoms with E-state index in [0.717, 1.165) is 12.8 Å². The minimum Gasteiger partial charge on any atom is -0.348 e. The fraction of sp³-hybridized carbons (Fsp3) is 0.316. The van der Waals surface area contributed by atoms with Gasteiger partial charge < -0.3 is 5.32 Å². The van der Waals surface area contributed by atoms with Crippen molar-refractivity contribution in [3.05, 3.63) is 71.8 Å². The lowest BCUT2D eigenvalue weighted by Gasteiger charge is -2.35. The molecule has 2 aromatic rings. The van der Waals surface area contributed by atoms with E-state index in [1.165, 1.54) is 11.1 Å². The number of hydrogen-bond acceptors (Lipinski definition) is 1. The van der Waals surface area contributed by atoms with Crippen molar-refractivity contribution in [1.82, 2.24) is 5.32 Å². The van der Waals surface area contributed by atoms with Gasteiger partial charge in [0.05, 0.1) is 6.04 Å². The van der Waals surface area contributed by atoms with Gasteiger partial charge in [0.1, 0.15) is 0 Å². The first-order valence-electron chi connectivity index (χ1n) is 7.66. The molecule has 1 fully saturated rings. The molecule has 0 aliphatic carbocycles. The first kappa shape index (κ1) is 13.9. The van der Waals surface area contributed by atoms with Gasteiger partial charge in [0.15, 0.2) is 0 Å². The van der Waals surface area contributed by atoms with Crippen LogP contribution in [0.4, 0.5) is 0 Å². The van der Waals surface area contributed by atoms with Crippen LogP contribution in [0.2, 0.25) is 0 Å². The van der Waals surface area contributed by atoms with Gasteiger partial charge in [-0.1, -0.05) is 74.0 Å². The molecule has 0 spiro atoms. The van der Waals surface area contributed by atoms with E-state index in [9.17, 15) is 4.79 Å². The van der Waals surface area contributed by atoms with E-state index in [-0.39, 0.29) is 17.4 Å². The van der Waals surface area contributed by atoms with Crippen LogP contribution in [0.5, 0.6) is 0 Å². The van der Waals surface area contributed by atoms with E-state index in [1.807, 2.05) is 24.3 Å². The van der Waals surface area contributed by atoms with Gasteiger partial charge in [0, 0.05) is 11.8 Å². The summed E-state index contributed by atoms with van der Waals surface area (Å²) >= 11 is 0. The summed E-state index contributed by atoms with van der Waals surface area (Å²) in [5.74, 6) is 0.154. The van der Waals surface area contributed by atoms with Crippen molar-refractivity contribution in [2.75, 3.05) is 0 Å². The van der Waals surface area contributed by atoms with Crippen LogP contribution < -0.4 is 5.32 Å². The van der Waals surface area contributed by atoms with Crippen LogP contribution in [0.1, 0.15) is 43.4 Å². The maximum absolute atomic E-state index is 12.2. The molecule has 2 nitrogen and oxygen atoms in total. The van der Waals surface area contributed by atoms with Crippen molar-refractivity contribution in [3.63, 3.8) is 0 Å². The van der Waals surface area contributed by atoms with Crippen molar-refractivity contribution in [3.8, 4) is 0 Å². The monoisotopic (exact) mass is 279 g/mol. The molecular weight excluding hydrogens is 258 g/mol. The van der Waals surface area contributed by atoms with E-state index in [4.69, 9.17) is 0 Å². The fourth-order valence-electron chi connectivity index (χ4n) is 3.65. The fourth-order valence-corrected chi connectivity index (χ4v) is 3.65. The van der Waals surface area contributed by atoms with Crippen molar-refractivity contribution in [2.45, 2.75) is 37.6 Å². The van der Waals surface area contributed by atoms with Crippen molar-refractivity contribution < 1.29 is 4.79 Å². The first-order chi connectivity index (χ1) is 10.3. The zero-order valence-electron chi connectivity index (χ0n) is 12.4. The molecule has 1 aliphatic heterocycles. The highest BCUT2D eigenvalue weighted by molar-refractivity contribution is 5.82. The summed E-state index contributed by atoms with van der Waals surface area (Å²) in [5.41, 5.74) is 2.33. The Morgan fingerprint density at radius 1 is 1.05 bits per heavy atom. The van der Waals surface area contributed by atoms with Crippen molar-refractivity contribution in [2.24, 2.45) is 0 Å². The second-order valence-electron chi connectivity index (χ2n) is 5.86. The molecule has 1 saturated heterocycles. The molecule has 1 aliphatic rings. The van der Waals surface area contributed by atoms with Gasteiger partial charge >= 0.3 is 0 Å². The van der Waals surface area contributed by atoms with Crippen LogP contribution in [0.15, 0.2) is 60.7 Å². The second kappa shape index (κ2) is 5.72. The number of hydrogen-bond donors (Lipinski definition) is 1. The Bertz CT molecular complexity index is 608. The van der Waals surface area contributed by atoms with Gasteiger partial charge in [-0.05, 0) is 17.5 Å². The zero-order chi connectivity index (χ0) is 14.7. The van der Waals surface area contributed by atoms with Gasteiger partial charge in [-0.15, -0.1) is 0 Å². The number of benzene rings is 2. The summed E-state index contributed by atoms with van der Waals surface area (Å²) in [6, 6.07) is 20.9. The van der Waals surface area contributed by atoms with Crippen LogP contribution in [-0.2, 0) is 10.2 Å². The molecule has 3 rings (SSSR count). The Kier molecular flexibility index (Phi) is 3.78. The molecule has 0 radical (unpaired) electrons. The lowest BCUT2D eigenvalue weighted by Crippen LogP contribution is -2.33. The topological polar surface area (TPSA) is 29.1 Å². The summed E-state index contributed by atoms with van der Waals surface area (Å²) in [6.45, 7) is 2.19. The SMILES string of the molecule is CCCC1(c2ccccc2)CC(=O)NC1c1ccccc1. The van der Waals surface area contributed by atoms with Crippen LogP contribution in [-0.4, -0.2) is 5.91 Å². The summed E-state index contributed by atoms with van der Waals surface area (Å²) in [4.78, 5) is 12.2. The summed E-state index contributed by atoms with van der Waals surface area (Å²) in [7, 11) is 0. The van der Waals surface area contributed by atoms with E-state index in [1.54, 1.807) is 0 Å². The molecule has 1 heterocycles. The standard InChI is InChI=1S/C19H21NO/c1-2-13-19(16-11-7-4-8-12-16)14-17(21)20-18(19)15-9-5-3-6-10-15/h3-12,18H,2,13-14H2,1H3,(H,20,21). The quantitative estimate of drug-likeness (QED) is 0.901. The number of rotatable bonds is 4. The van der Waals surface area contributed by atoms with E-state index in [0.29, 0.717) is 6.42 Å². The molecule has 21 heavy (non-hydrogen) atoms. The van der Waals surface area contributed by atoms with Gasteiger partial charge in [-0.3, -0.25) is 4.79 Å². The molecule has 2 heteroatoms. The first-order valence-corrected chi connectivity index (χ1v) is 7.66. The Hall–Kier alpha value is -2.09. The van der Waals surface area contributed by atoms with Gasteiger partial charge in [-0.25, -0.2) is 0 Å². The summed E-state index contributed by atoms with van der Waals surface area (Å²) < 4.78 is 0. The maximum atomic E-state index is 12.2. The molecule has 0 saturated carbocycles. The molecule has 2 atom stereocenters. The minimum absolute atomic E-state index is 0.0635. The number of nitrogens with one attached hydrogen (secondary N) is 1. The van der Waals surface area contributed by atoms with Crippen molar-refractivity contribution in [1.29, 1.82) is 0 Å². The maximum Gasteiger partial charge on any atom is 0.221 e. The van der Waals surface area contributed by atoms with Gasteiger partial charge in [-0.2, -0.15) is 0 Å². The highest BCUT2D eigenvalue weighted by Crippen LogP contribution is 2.47. The third kappa shape index (κ3) is 2.46. The van der Waals surface area contributed by atoms with Gasteiger partial charge in [0.2, 0.25) is 5.91 Å². The average Bonchev–Trinajstić information content (AvgIpc) is 2.87. The highest BCUT2D eigenvalue weighted by Gasteiger charge is 2.47. The third-order valence-electron chi connectivity index (χ3n) is 4.51. The molecular formula is C19H21NO. The second-order valence-corrected chi connectivity index (χ2v) is 5.86. The largest absolute Gasteiger partial charge is 0.348 e. The molecule has 0 aromatic heterocycles. The van der Waals surface area contributed by atoms with Crippen LogP contribution in [0.25, 0.3) is 0 Å². The Balaban J connectivity index is 2.10. The highest BCUT2D eigenvalue weighted by atomic mass is 16.2. The normalized spacial score (nSPS) is 24.8. The number of amides is 1. The Morgan fingerprint density at radius 3 is 2.29 bits per heavy atom. The third-order valence-corrected chi connectivity index (χ3v) is 4.51. The van der Waals surface area contributed by atoms with Crippen LogP contribution in [0, 0.1) is 0 Å². The summed E-state index contributed by atoms with van der Waals surface area (Å²) in [6.07, 6.45) is 2.65. The Labute approximate surface area is 126 Å². The van der Waals surface area contributed by atoms with E-state index >= 15 is 0 Å². The lowest BCUT2D eigenvalue weighted by molar-refractivity contribution is -0.119. The van der Waals surface area contributed by atoms with Crippen LogP contribution in [0.3, 0.4) is 0 Å². The smallest absolute Gasteiger partial charge is 0.221 e. The lowest BCUT2D eigenvalue weighted by atomic mass is 9.69. The predicted molar refractivity (Wildman–Crippen MR) is 85.0 cm³/mol. The predicted octanol–water partition coefficient (Wildman–Crippen LogP) is 3.99. The van der Waals surface area contributed by atoms with Crippen molar-refractivity contribution >= 4 is 5.91 Å². The summed E-state index contributed by atoms with van der Waals surface area (Å²) in [5, 5.41) is 3.21. The molecule has 2 unspecified atom stereocenters. The molecule has 0 bridgehead atoms. The molecule has 108 valence electrons. The van der Waals surface area contributed by atoms with E-state index < -0.39 is 0 Å². The van der Waals surface area contributed by atoms with E-state index in [2.05, 4.69) is 48.6 Å². The Morgan fingerprint density at radius 2 is 1.67 bits per heavy atom. The minimum atomic E-state index is -0.131. The average molecular weight is 279 g/mol. The number of carbonyl (C=O) groups excluding carboxylic acids is 1. The number of carbonyl (C=O) groups is 1. The molecule has 1 N–H and O–H groups in total.